The summed E-state index contributed by atoms with van der Waals surface area (Å²) in [6.07, 6.45) is 3.70. The predicted molar refractivity (Wildman–Crippen MR) is 165 cm³/mol. The number of nitrogens with one attached hydrogen (secondary N) is 1. The number of carboxylic acid groups (broad SMARTS) is 1. The first-order valence-corrected chi connectivity index (χ1v) is 14.6. The van der Waals surface area contributed by atoms with Crippen molar-refractivity contribution in [2.75, 3.05) is 27.3 Å². The standard InChI is InChI=1S/C35H37FN2O5/c1-22-10-7-15-28(36)32(22)34(39)37-29(35(40)41)20-24-11-8-13-26-25(24)12-9-14-27(26)33-30(42-2)18-23(19-31(33)43-3)21-38-16-5-4-6-17-38/h7-15,18-19,29H,4-6,16-17,20-21H2,1-3H3,(H,37,39)(H,40,41)/t29-/m0/s1. The Labute approximate surface area is 251 Å². The first kappa shape index (κ1) is 30.0. The zero-order valence-electron chi connectivity index (χ0n) is 24.8. The third kappa shape index (κ3) is 6.49. The summed E-state index contributed by atoms with van der Waals surface area (Å²) in [5.74, 6) is -1.27. The number of carbonyl (C=O) groups excluding carboxylic acids is 1. The fraction of sp³-hybridized carbons (Fsp3) is 0.314. The van der Waals surface area contributed by atoms with Crippen LogP contribution in [0, 0.1) is 12.7 Å². The Morgan fingerprint density at radius 1 is 0.930 bits per heavy atom. The summed E-state index contributed by atoms with van der Waals surface area (Å²) in [4.78, 5) is 27.7. The van der Waals surface area contributed by atoms with Gasteiger partial charge in [0.1, 0.15) is 23.4 Å². The second kappa shape index (κ2) is 13.3. The monoisotopic (exact) mass is 584 g/mol. The molecule has 8 heteroatoms. The van der Waals surface area contributed by atoms with Crippen molar-refractivity contribution in [2.45, 2.75) is 45.2 Å². The minimum atomic E-state index is -1.26. The Kier molecular flexibility index (Phi) is 9.26. The lowest BCUT2D eigenvalue weighted by molar-refractivity contribution is -0.139. The molecule has 0 unspecified atom stereocenters. The van der Waals surface area contributed by atoms with Crippen LogP contribution in [0.1, 0.15) is 46.3 Å². The van der Waals surface area contributed by atoms with Crippen LogP contribution in [0.5, 0.6) is 11.5 Å². The van der Waals surface area contributed by atoms with Gasteiger partial charge in [0.15, 0.2) is 0 Å². The van der Waals surface area contributed by atoms with Crippen LogP contribution in [0.4, 0.5) is 4.39 Å². The fourth-order valence-electron chi connectivity index (χ4n) is 6.04. The molecule has 7 nitrogen and oxygen atoms in total. The lowest BCUT2D eigenvalue weighted by Gasteiger charge is -2.27. The molecule has 43 heavy (non-hydrogen) atoms. The van der Waals surface area contributed by atoms with Gasteiger partial charge in [0.25, 0.3) is 5.91 Å². The van der Waals surface area contributed by atoms with E-state index in [0.29, 0.717) is 17.1 Å². The van der Waals surface area contributed by atoms with Gasteiger partial charge in [0.05, 0.1) is 25.3 Å². The minimum absolute atomic E-state index is 0.0123. The average molecular weight is 585 g/mol. The first-order valence-electron chi connectivity index (χ1n) is 14.6. The molecular formula is C35H37FN2O5. The number of rotatable bonds is 10. The number of piperidine rings is 1. The summed E-state index contributed by atoms with van der Waals surface area (Å²) in [7, 11) is 3.30. The minimum Gasteiger partial charge on any atom is -0.496 e. The van der Waals surface area contributed by atoms with Gasteiger partial charge in [0.2, 0.25) is 0 Å². The molecule has 0 aromatic heterocycles. The van der Waals surface area contributed by atoms with Gasteiger partial charge in [0, 0.05) is 13.0 Å². The molecular weight excluding hydrogens is 547 g/mol. The maximum Gasteiger partial charge on any atom is 0.326 e. The molecule has 0 saturated carbocycles. The van der Waals surface area contributed by atoms with Crippen molar-refractivity contribution in [1.82, 2.24) is 10.2 Å². The van der Waals surface area contributed by atoms with Crippen LogP contribution in [0.2, 0.25) is 0 Å². The zero-order valence-corrected chi connectivity index (χ0v) is 24.8. The number of hydrogen-bond donors (Lipinski definition) is 2. The topological polar surface area (TPSA) is 88.1 Å². The summed E-state index contributed by atoms with van der Waals surface area (Å²) in [6.45, 7) is 4.59. The van der Waals surface area contributed by atoms with Gasteiger partial charge in [-0.05, 0) is 84.1 Å². The van der Waals surface area contributed by atoms with Crippen LogP contribution < -0.4 is 14.8 Å². The molecule has 2 N–H and O–H groups in total. The second-order valence-electron chi connectivity index (χ2n) is 11.0. The summed E-state index contributed by atoms with van der Waals surface area (Å²) in [5.41, 5.74) is 3.82. The van der Waals surface area contributed by atoms with Crippen LogP contribution in [-0.4, -0.2) is 55.2 Å². The van der Waals surface area contributed by atoms with Gasteiger partial charge in [-0.25, -0.2) is 9.18 Å². The van der Waals surface area contributed by atoms with Crippen LogP contribution in [0.25, 0.3) is 21.9 Å². The van der Waals surface area contributed by atoms with Crippen LogP contribution in [0.3, 0.4) is 0 Å². The highest BCUT2D eigenvalue weighted by molar-refractivity contribution is 6.02. The van der Waals surface area contributed by atoms with E-state index in [1.54, 1.807) is 27.2 Å². The number of benzene rings is 4. The molecule has 1 atom stereocenters. The molecule has 0 aliphatic carbocycles. The van der Waals surface area contributed by atoms with Crippen molar-refractivity contribution >= 4 is 22.6 Å². The molecule has 224 valence electrons. The number of halogens is 1. The number of nitrogens with zero attached hydrogens (tertiary/aromatic N) is 1. The Bertz CT molecular complexity index is 1600. The maximum atomic E-state index is 14.4. The van der Waals surface area contributed by atoms with Gasteiger partial charge in [-0.3, -0.25) is 9.69 Å². The van der Waals surface area contributed by atoms with E-state index in [0.717, 1.165) is 52.7 Å². The van der Waals surface area contributed by atoms with Gasteiger partial charge in [-0.1, -0.05) is 55.0 Å². The highest BCUT2D eigenvalue weighted by Crippen LogP contribution is 2.43. The Morgan fingerprint density at radius 2 is 1.58 bits per heavy atom. The van der Waals surface area contributed by atoms with E-state index >= 15 is 0 Å². The van der Waals surface area contributed by atoms with Crippen molar-refractivity contribution in [3.05, 3.63) is 94.8 Å². The highest BCUT2D eigenvalue weighted by Gasteiger charge is 2.25. The Hall–Kier alpha value is -4.43. The summed E-state index contributed by atoms with van der Waals surface area (Å²) >= 11 is 0. The van der Waals surface area contributed by atoms with E-state index in [4.69, 9.17) is 9.47 Å². The lowest BCUT2D eigenvalue weighted by atomic mass is 9.91. The third-order valence-electron chi connectivity index (χ3n) is 8.18. The van der Waals surface area contributed by atoms with Gasteiger partial charge in [-0.2, -0.15) is 0 Å². The largest absolute Gasteiger partial charge is 0.496 e. The molecule has 0 radical (unpaired) electrons. The normalized spacial score (nSPS) is 14.3. The molecule has 4 aromatic carbocycles. The fourth-order valence-corrected chi connectivity index (χ4v) is 6.04. The number of methoxy groups -OCH3 is 2. The van der Waals surface area contributed by atoms with E-state index in [1.165, 1.54) is 31.4 Å². The number of hydrogen-bond acceptors (Lipinski definition) is 5. The maximum absolute atomic E-state index is 14.4. The quantitative estimate of drug-likeness (QED) is 0.225. The van der Waals surface area contributed by atoms with Crippen molar-refractivity contribution in [1.29, 1.82) is 0 Å². The number of aryl methyl sites for hydroxylation is 1. The Balaban J connectivity index is 1.50. The van der Waals surface area contributed by atoms with Crippen molar-refractivity contribution in [3.8, 4) is 22.6 Å². The van der Waals surface area contributed by atoms with Crippen molar-refractivity contribution in [3.63, 3.8) is 0 Å². The second-order valence-corrected chi connectivity index (χ2v) is 11.0. The van der Waals surface area contributed by atoms with Crippen LogP contribution in [0.15, 0.2) is 66.7 Å². The SMILES string of the molecule is COc1cc(CN2CCCCC2)cc(OC)c1-c1cccc2c(C[C@H](NC(=O)c3c(C)cccc3F)C(=O)O)cccc12. The van der Waals surface area contributed by atoms with Crippen LogP contribution in [-0.2, 0) is 17.8 Å². The third-order valence-corrected chi connectivity index (χ3v) is 8.18. The van der Waals surface area contributed by atoms with Gasteiger partial charge >= 0.3 is 5.97 Å². The van der Waals surface area contributed by atoms with Gasteiger partial charge < -0.3 is 19.9 Å². The predicted octanol–water partition coefficient (Wildman–Crippen LogP) is 6.38. The van der Waals surface area contributed by atoms with Gasteiger partial charge in [-0.15, -0.1) is 0 Å². The molecule has 1 fully saturated rings. The zero-order chi connectivity index (χ0) is 30.5. The summed E-state index contributed by atoms with van der Waals surface area (Å²) in [6, 6.07) is 18.7. The molecule has 1 amide bonds. The molecule has 1 aliphatic rings. The van der Waals surface area contributed by atoms with E-state index in [1.807, 2.05) is 36.4 Å². The Morgan fingerprint density at radius 3 is 2.23 bits per heavy atom. The summed E-state index contributed by atoms with van der Waals surface area (Å²) < 4.78 is 26.2. The van der Waals surface area contributed by atoms with Crippen LogP contribution >= 0.6 is 0 Å². The molecule has 0 bridgehead atoms. The number of aliphatic carboxylic acids is 1. The molecule has 4 aromatic rings. The average Bonchev–Trinajstić information content (AvgIpc) is 3.00. The summed E-state index contributed by atoms with van der Waals surface area (Å²) in [5, 5.41) is 14.3. The van der Waals surface area contributed by atoms with Crippen molar-refractivity contribution in [2.24, 2.45) is 0 Å². The highest BCUT2D eigenvalue weighted by atomic mass is 19.1. The molecule has 1 heterocycles. The molecule has 1 saturated heterocycles. The van der Waals surface area contributed by atoms with E-state index in [2.05, 4.69) is 22.3 Å². The van der Waals surface area contributed by atoms with E-state index < -0.39 is 23.7 Å². The van der Waals surface area contributed by atoms with Crippen molar-refractivity contribution < 1.29 is 28.6 Å². The smallest absolute Gasteiger partial charge is 0.326 e. The van der Waals surface area contributed by atoms with E-state index in [-0.39, 0.29) is 12.0 Å². The number of carboxylic acids is 1. The lowest BCUT2D eigenvalue weighted by Crippen LogP contribution is -2.42. The molecule has 1 aliphatic heterocycles. The number of likely N-dealkylation sites (tertiary alicyclic amines) is 1. The molecule has 5 rings (SSSR count). The number of fused-ring (bicyclic) bond motifs is 1. The molecule has 0 spiro atoms. The van der Waals surface area contributed by atoms with E-state index in [9.17, 15) is 19.1 Å². The number of carbonyl (C=O) groups is 2. The number of amides is 1. The number of ether oxygens (including phenoxy) is 2. The first-order chi connectivity index (χ1) is 20.8.